The standard InChI is InChI=1S/C14H28N2O3/c1-5-8-12(6-2)15-14(19)16(11(3)4)10-7-9-13(17)18/h11-12H,5-10H2,1-4H3,(H,15,19)(H,17,18). The Morgan fingerprint density at radius 3 is 2.32 bits per heavy atom. The van der Waals surface area contributed by atoms with Gasteiger partial charge in [0.2, 0.25) is 0 Å². The van der Waals surface area contributed by atoms with E-state index in [4.69, 9.17) is 5.11 Å². The van der Waals surface area contributed by atoms with Crippen molar-refractivity contribution in [2.45, 2.75) is 71.9 Å². The topological polar surface area (TPSA) is 69.6 Å². The molecule has 19 heavy (non-hydrogen) atoms. The molecule has 0 aromatic rings. The van der Waals surface area contributed by atoms with Crippen LogP contribution < -0.4 is 5.32 Å². The monoisotopic (exact) mass is 272 g/mol. The number of rotatable bonds is 9. The number of carbonyl (C=O) groups excluding carboxylic acids is 1. The molecular formula is C14H28N2O3. The van der Waals surface area contributed by atoms with Crippen molar-refractivity contribution in [3.05, 3.63) is 0 Å². The summed E-state index contributed by atoms with van der Waals surface area (Å²) in [7, 11) is 0. The zero-order valence-electron chi connectivity index (χ0n) is 12.6. The van der Waals surface area contributed by atoms with Gasteiger partial charge in [0, 0.05) is 25.0 Å². The van der Waals surface area contributed by atoms with Crippen molar-refractivity contribution in [2.75, 3.05) is 6.54 Å². The van der Waals surface area contributed by atoms with Gasteiger partial charge in [-0.1, -0.05) is 20.3 Å². The van der Waals surface area contributed by atoms with Crippen molar-refractivity contribution < 1.29 is 14.7 Å². The lowest BCUT2D eigenvalue weighted by Crippen LogP contribution is -2.48. The number of carbonyl (C=O) groups is 2. The second-order valence-corrected chi connectivity index (χ2v) is 5.13. The minimum atomic E-state index is -0.818. The van der Waals surface area contributed by atoms with Gasteiger partial charge in [-0.3, -0.25) is 4.79 Å². The lowest BCUT2D eigenvalue weighted by Gasteiger charge is -2.29. The number of nitrogens with one attached hydrogen (secondary N) is 1. The van der Waals surface area contributed by atoms with E-state index in [0.29, 0.717) is 13.0 Å². The number of carboxylic acid groups (broad SMARTS) is 1. The average molecular weight is 272 g/mol. The molecule has 5 heteroatoms. The minimum absolute atomic E-state index is 0.0768. The van der Waals surface area contributed by atoms with Crippen molar-refractivity contribution in [2.24, 2.45) is 0 Å². The first-order valence-corrected chi connectivity index (χ1v) is 7.21. The number of amides is 2. The van der Waals surface area contributed by atoms with E-state index in [0.717, 1.165) is 19.3 Å². The fraction of sp³-hybridized carbons (Fsp3) is 0.857. The summed E-state index contributed by atoms with van der Waals surface area (Å²) in [6, 6.07) is 0.201. The van der Waals surface area contributed by atoms with Gasteiger partial charge in [0.15, 0.2) is 0 Å². The average Bonchev–Trinajstić information content (AvgIpc) is 2.32. The van der Waals surface area contributed by atoms with Crippen LogP contribution in [-0.4, -0.2) is 40.6 Å². The van der Waals surface area contributed by atoms with Crippen LogP contribution in [0, 0.1) is 0 Å². The number of carboxylic acids is 1. The van der Waals surface area contributed by atoms with Crippen molar-refractivity contribution in [3.8, 4) is 0 Å². The van der Waals surface area contributed by atoms with Crippen LogP contribution in [0.15, 0.2) is 0 Å². The van der Waals surface area contributed by atoms with Gasteiger partial charge in [0.25, 0.3) is 0 Å². The Labute approximate surface area is 116 Å². The number of urea groups is 1. The van der Waals surface area contributed by atoms with Crippen LogP contribution in [0.2, 0.25) is 0 Å². The Hall–Kier alpha value is -1.26. The lowest BCUT2D eigenvalue weighted by atomic mass is 10.1. The van der Waals surface area contributed by atoms with E-state index in [1.807, 2.05) is 13.8 Å². The first kappa shape index (κ1) is 17.7. The van der Waals surface area contributed by atoms with Gasteiger partial charge in [0.05, 0.1) is 0 Å². The maximum absolute atomic E-state index is 12.2. The number of hydrogen-bond acceptors (Lipinski definition) is 2. The van der Waals surface area contributed by atoms with Gasteiger partial charge in [0.1, 0.15) is 0 Å². The third-order valence-corrected chi connectivity index (χ3v) is 3.13. The molecule has 0 aromatic carbocycles. The summed E-state index contributed by atoms with van der Waals surface area (Å²) in [5.41, 5.74) is 0. The maximum Gasteiger partial charge on any atom is 0.317 e. The Morgan fingerprint density at radius 1 is 1.26 bits per heavy atom. The largest absolute Gasteiger partial charge is 0.481 e. The molecule has 112 valence electrons. The van der Waals surface area contributed by atoms with E-state index in [1.54, 1.807) is 4.90 Å². The fourth-order valence-electron chi connectivity index (χ4n) is 1.98. The molecule has 0 radical (unpaired) electrons. The predicted octanol–water partition coefficient (Wildman–Crippen LogP) is 2.85. The Morgan fingerprint density at radius 2 is 1.89 bits per heavy atom. The smallest absolute Gasteiger partial charge is 0.317 e. The van der Waals surface area contributed by atoms with Crippen LogP contribution in [-0.2, 0) is 4.79 Å². The van der Waals surface area contributed by atoms with Crippen molar-refractivity contribution in [3.63, 3.8) is 0 Å². The van der Waals surface area contributed by atoms with Gasteiger partial charge in [-0.2, -0.15) is 0 Å². The van der Waals surface area contributed by atoms with E-state index in [-0.39, 0.29) is 24.5 Å². The molecule has 0 aliphatic carbocycles. The van der Waals surface area contributed by atoms with E-state index >= 15 is 0 Å². The number of nitrogens with zero attached hydrogens (tertiary/aromatic N) is 1. The Kier molecular flexibility index (Phi) is 9.00. The molecule has 0 aliphatic heterocycles. The molecule has 1 atom stereocenters. The van der Waals surface area contributed by atoms with E-state index in [1.165, 1.54) is 0 Å². The quantitative estimate of drug-likeness (QED) is 0.678. The molecule has 2 N–H and O–H groups in total. The fourth-order valence-corrected chi connectivity index (χ4v) is 1.98. The van der Waals surface area contributed by atoms with Gasteiger partial charge < -0.3 is 15.3 Å². The molecule has 0 saturated heterocycles. The van der Waals surface area contributed by atoms with E-state index in [2.05, 4.69) is 19.2 Å². The summed E-state index contributed by atoms with van der Waals surface area (Å²) >= 11 is 0. The van der Waals surface area contributed by atoms with Gasteiger partial charge in [-0.15, -0.1) is 0 Å². The second-order valence-electron chi connectivity index (χ2n) is 5.13. The summed E-state index contributed by atoms with van der Waals surface area (Å²) < 4.78 is 0. The number of aliphatic carboxylic acids is 1. The molecule has 0 rings (SSSR count). The molecule has 2 amide bonds. The highest BCUT2D eigenvalue weighted by Gasteiger charge is 2.19. The third-order valence-electron chi connectivity index (χ3n) is 3.13. The second kappa shape index (κ2) is 9.64. The van der Waals surface area contributed by atoms with E-state index < -0.39 is 5.97 Å². The predicted molar refractivity (Wildman–Crippen MR) is 76.2 cm³/mol. The Bertz CT molecular complexity index is 280. The van der Waals surface area contributed by atoms with Crippen LogP contribution in [0.1, 0.15) is 59.8 Å². The molecule has 0 fully saturated rings. The highest BCUT2D eigenvalue weighted by molar-refractivity contribution is 5.75. The molecule has 0 saturated carbocycles. The molecule has 5 nitrogen and oxygen atoms in total. The van der Waals surface area contributed by atoms with Crippen molar-refractivity contribution >= 4 is 12.0 Å². The highest BCUT2D eigenvalue weighted by atomic mass is 16.4. The van der Waals surface area contributed by atoms with Crippen LogP contribution >= 0.6 is 0 Å². The zero-order valence-corrected chi connectivity index (χ0v) is 12.6. The van der Waals surface area contributed by atoms with Gasteiger partial charge in [-0.05, 0) is 33.1 Å². The minimum Gasteiger partial charge on any atom is -0.481 e. The zero-order chi connectivity index (χ0) is 14.8. The molecule has 0 aromatic heterocycles. The maximum atomic E-state index is 12.2. The Balaban J connectivity index is 4.35. The molecule has 0 aliphatic rings. The van der Waals surface area contributed by atoms with Crippen LogP contribution in [0.25, 0.3) is 0 Å². The molecular weight excluding hydrogens is 244 g/mol. The van der Waals surface area contributed by atoms with Crippen molar-refractivity contribution in [1.29, 1.82) is 0 Å². The van der Waals surface area contributed by atoms with Crippen LogP contribution in [0.4, 0.5) is 4.79 Å². The SMILES string of the molecule is CCCC(CC)NC(=O)N(CCCC(=O)O)C(C)C. The third kappa shape index (κ3) is 7.70. The normalized spacial score (nSPS) is 12.3. The van der Waals surface area contributed by atoms with Gasteiger partial charge >= 0.3 is 12.0 Å². The van der Waals surface area contributed by atoms with Crippen LogP contribution in [0.5, 0.6) is 0 Å². The molecule has 0 spiro atoms. The summed E-state index contributed by atoms with van der Waals surface area (Å²) in [6.45, 7) is 8.53. The first-order valence-electron chi connectivity index (χ1n) is 7.21. The van der Waals surface area contributed by atoms with E-state index in [9.17, 15) is 9.59 Å². The van der Waals surface area contributed by atoms with Gasteiger partial charge in [-0.25, -0.2) is 4.79 Å². The summed E-state index contributed by atoms with van der Waals surface area (Å²) in [5, 5.41) is 11.7. The highest BCUT2D eigenvalue weighted by Crippen LogP contribution is 2.06. The molecule has 0 heterocycles. The number of hydrogen-bond donors (Lipinski definition) is 2. The molecule has 1 unspecified atom stereocenters. The van der Waals surface area contributed by atoms with Crippen molar-refractivity contribution in [1.82, 2.24) is 10.2 Å². The summed E-state index contributed by atoms with van der Waals surface area (Å²) in [6.07, 6.45) is 3.53. The van der Waals surface area contributed by atoms with Crippen LogP contribution in [0.3, 0.4) is 0 Å². The molecule has 0 bridgehead atoms. The summed E-state index contributed by atoms with van der Waals surface area (Å²) in [5.74, 6) is -0.818. The summed E-state index contributed by atoms with van der Waals surface area (Å²) in [4.78, 5) is 24.4. The first-order chi connectivity index (χ1) is 8.92. The lowest BCUT2D eigenvalue weighted by molar-refractivity contribution is -0.137.